The molecule has 0 saturated carbocycles. The molecule has 35 heavy (non-hydrogen) atoms. The number of nitrogens with one attached hydrogen (secondary N) is 1. The summed E-state index contributed by atoms with van der Waals surface area (Å²) in [5.74, 6) is -0.262. The molecule has 178 valence electrons. The second kappa shape index (κ2) is 10.8. The maximum absolute atomic E-state index is 13.0. The predicted molar refractivity (Wildman–Crippen MR) is 144 cm³/mol. The van der Waals surface area contributed by atoms with Gasteiger partial charge in [-0.15, -0.1) is 0 Å². The van der Waals surface area contributed by atoms with E-state index in [0.717, 1.165) is 20.9 Å². The Hall–Kier alpha value is -3.55. The second-order valence-electron chi connectivity index (χ2n) is 8.11. The average molecular weight is 503 g/mol. The first-order chi connectivity index (χ1) is 16.8. The lowest BCUT2D eigenvalue weighted by molar-refractivity contribution is 0.102. The van der Waals surface area contributed by atoms with Gasteiger partial charge in [-0.25, -0.2) is 8.42 Å². The fourth-order valence-electron chi connectivity index (χ4n) is 3.59. The lowest BCUT2D eigenvalue weighted by atomic mass is 10.1. The Labute approximate surface area is 210 Å². The van der Waals surface area contributed by atoms with Crippen molar-refractivity contribution in [2.45, 2.75) is 23.3 Å². The zero-order valence-corrected chi connectivity index (χ0v) is 21.1. The van der Waals surface area contributed by atoms with Crippen LogP contribution < -0.4 is 9.62 Å². The quantitative estimate of drug-likeness (QED) is 0.304. The molecule has 0 aromatic heterocycles. The molecule has 5 nitrogen and oxygen atoms in total. The van der Waals surface area contributed by atoms with E-state index in [9.17, 15) is 13.2 Å². The molecular weight excluding hydrogens is 476 g/mol. The molecule has 0 saturated heterocycles. The van der Waals surface area contributed by atoms with Gasteiger partial charge in [0.1, 0.15) is 0 Å². The molecule has 0 atom stereocenters. The van der Waals surface area contributed by atoms with Gasteiger partial charge in [-0.05, 0) is 66.6 Å². The van der Waals surface area contributed by atoms with E-state index in [1.54, 1.807) is 36.0 Å². The first-order valence-corrected chi connectivity index (χ1v) is 13.7. The summed E-state index contributed by atoms with van der Waals surface area (Å²) >= 11 is 1.57. The highest BCUT2D eigenvalue weighted by atomic mass is 32.2. The van der Waals surface area contributed by atoms with Crippen LogP contribution in [0.15, 0.2) is 113 Å². The number of benzene rings is 4. The molecule has 0 radical (unpaired) electrons. The largest absolute Gasteiger partial charge is 0.321 e. The third-order valence-electron chi connectivity index (χ3n) is 5.50. The Morgan fingerprint density at radius 3 is 2.14 bits per heavy atom. The molecule has 4 aromatic rings. The van der Waals surface area contributed by atoms with Crippen molar-refractivity contribution in [3.05, 3.63) is 120 Å². The van der Waals surface area contributed by atoms with Gasteiger partial charge < -0.3 is 5.32 Å². The Morgan fingerprint density at radius 2 is 1.46 bits per heavy atom. The first kappa shape index (κ1) is 24.6. The van der Waals surface area contributed by atoms with Gasteiger partial charge in [-0.1, -0.05) is 66.4 Å². The van der Waals surface area contributed by atoms with Crippen LogP contribution in [0.2, 0.25) is 0 Å². The van der Waals surface area contributed by atoms with Gasteiger partial charge in [-0.3, -0.25) is 9.10 Å². The zero-order chi connectivity index (χ0) is 24.8. The summed E-state index contributed by atoms with van der Waals surface area (Å²) in [5, 5.41) is 2.98. The number of rotatable bonds is 8. The summed E-state index contributed by atoms with van der Waals surface area (Å²) in [7, 11) is -3.52. The normalized spacial score (nSPS) is 11.1. The number of aryl methyl sites for hydroxylation is 1. The zero-order valence-electron chi connectivity index (χ0n) is 19.5. The van der Waals surface area contributed by atoms with E-state index in [-0.39, 0.29) is 12.5 Å². The summed E-state index contributed by atoms with van der Waals surface area (Å²) in [6.07, 6.45) is 1.19. The van der Waals surface area contributed by atoms with E-state index < -0.39 is 10.0 Å². The SMILES string of the molecule is Cc1ccccc1CN(c1ccc(C(=O)Nc2ccccc2Sc2ccccc2)cc1)S(C)(=O)=O. The third-order valence-corrected chi connectivity index (χ3v) is 7.72. The molecule has 0 spiro atoms. The molecule has 0 aliphatic rings. The van der Waals surface area contributed by atoms with Gasteiger partial charge in [0, 0.05) is 15.4 Å². The highest BCUT2D eigenvalue weighted by Gasteiger charge is 2.19. The number of anilines is 2. The molecule has 0 unspecified atom stereocenters. The van der Waals surface area contributed by atoms with Crippen LogP contribution in [0.3, 0.4) is 0 Å². The molecular formula is C28H26N2O3S2. The van der Waals surface area contributed by atoms with Crippen LogP contribution in [0.4, 0.5) is 11.4 Å². The number of nitrogens with zero attached hydrogens (tertiary/aromatic N) is 1. The number of carbonyl (C=O) groups excluding carboxylic acids is 1. The highest BCUT2D eigenvalue weighted by Crippen LogP contribution is 2.33. The van der Waals surface area contributed by atoms with Crippen LogP contribution >= 0.6 is 11.8 Å². The molecule has 0 heterocycles. The standard InChI is InChI=1S/C28H26N2O3S2/c1-21-10-6-7-11-23(21)20-30(35(2,32)33)24-18-16-22(17-19-24)28(31)29-26-14-8-9-15-27(26)34-25-12-4-3-5-13-25/h3-19H,20H2,1-2H3,(H,29,31). The van der Waals surface area contributed by atoms with Crippen molar-refractivity contribution in [1.82, 2.24) is 0 Å². The lowest BCUT2D eigenvalue weighted by Gasteiger charge is -2.23. The van der Waals surface area contributed by atoms with Gasteiger partial charge in [-0.2, -0.15) is 0 Å². The first-order valence-electron chi connectivity index (χ1n) is 11.1. The number of amides is 1. The van der Waals surface area contributed by atoms with Crippen molar-refractivity contribution in [3.63, 3.8) is 0 Å². The molecule has 0 bridgehead atoms. The van der Waals surface area contributed by atoms with Crippen molar-refractivity contribution in [3.8, 4) is 0 Å². The smallest absolute Gasteiger partial charge is 0.255 e. The Kier molecular flexibility index (Phi) is 7.58. The Balaban J connectivity index is 1.53. The van der Waals surface area contributed by atoms with Crippen LogP contribution in [-0.4, -0.2) is 20.6 Å². The predicted octanol–water partition coefficient (Wildman–Crippen LogP) is 6.36. The number of hydrogen-bond acceptors (Lipinski definition) is 4. The van der Waals surface area contributed by atoms with Crippen LogP contribution in [0.25, 0.3) is 0 Å². The number of para-hydroxylation sites is 1. The van der Waals surface area contributed by atoms with Gasteiger partial charge in [0.15, 0.2) is 0 Å². The van der Waals surface area contributed by atoms with Gasteiger partial charge in [0.05, 0.1) is 24.2 Å². The molecule has 4 rings (SSSR count). The van der Waals surface area contributed by atoms with Crippen molar-refractivity contribution in [2.75, 3.05) is 15.9 Å². The molecule has 0 aliphatic heterocycles. The Morgan fingerprint density at radius 1 is 0.829 bits per heavy atom. The molecule has 0 fully saturated rings. The summed E-state index contributed by atoms with van der Waals surface area (Å²) in [4.78, 5) is 15.0. The second-order valence-corrected chi connectivity index (χ2v) is 11.1. The molecule has 1 amide bonds. The summed E-state index contributed by atoms with van der Waals surface area (Å²) < 4.78 is 26.4. The van der Waals surface area contributed by atoms with Crippen molar-refractivity contribution < 1.29 is 13.2 Å². The average Bonchev–Trinajstić information content (AvgIpc) is 2.85. The lowest BCUT2D eigenvalue weighted by Crippen LogP contribution is -2.29. The minimum absolute atomic E-state index is 0.223. The topological polar surface area (TPSA) is 66.5 Å². The number of hydrogen-bond donors (Lipinski definition) is 1. The Bertz CT molecular complexity index is 1420. The summed E-state index contributed by atoms with van der Waals surface area (Å²) in [6.45, 7) is 2.18. The minimum atomic E-state index is -3.52. The van der Waals surface area contributed by atoms with Crippen molar-refractivity contribution >= 4 is 39.1 Å². The fraction of sp³-hybridized carbons (Fsp3) is 0.107. The number of carbonyl (C=O) groups is 1. The monoisotopic (exact) mass is 502 g/mol. The minimum Gasteiger partial charge on any atom is -0.321 e. The van der Waals surface area contributed by atoms with E-state index in [2.05, 4.69) is 5.32 Å². The van der Waals surface area contributed by atoms with E-state index in [0.29, 0.717) is 16.9 Å². The van der Waals surface area contributed by atoms with Crippen LogP contribution in [0.1, 0.15) is 21.5 Å². The van der Waals surface area contributed by atoms with Crippen LogP contribution in [0.5, 0.6) is 0 Å². The summed E-state index contributed by atoms with van der Waals surface area (Å²) in [6, 6.07) is 31.9. The van der Waals surface area contributed by atoms with Gasteiger partial charge in [0.2, 0.25) is 10.0 Å². The van der Waals surface area contributed by atoms with Crippen molar-refractivity contribution in [2.24, 2.45) is 0 Å². The summed E-state index contributed by atoms with van der Waals surface area (Å²) in [5.41, 5.74) is 3.61. The van der Waals surface area contributed by atoms with Crippen molar-refractivity contribution in [1.29, 1.82) is 0 Å². The van der Waals surface area contributed by atoms with Gasteiger partial charge in [0.25, 0.3) is 5.91 Å². The van der Waals surface area contributed by atoms with E-state index in [4.69, 9.17) is 0 Å². The number of sulfonamides is 1. The van der Waals surface area contributed by atoms with Crippen LogP contribution in [0, 0.1) is 6.92 Å². The molecule has 1 N–H and O–H groups in total. The van der Waals surface area contributed by atoms with E-state index in [1.165, 1.54) is 10.6 Å². The van der Waals surface area contributed by atoms with E-state index >= 15 is 0 Å². The molecule has 0 aliphatic carbocycles. The fourth-order valence-corrected chi connectivity index (χ4v) is 5.39. The molecule has 4 aromatic carbocycles. The van der Waals surface area contributed by atoms with Crippen LogP contribution in [-0.2, 0) is 16.6 Å². The molecule has 7 heteroatoms. The highest BCUT2D eigenvalue weighted by molar-refractivity contribution is 7.99. The maximum Gasteiger partial charge on any atom is 0.255 e. The third kappa shape index (κ3) is 6.32. The maximum atomic E-state index is 13.0. The van der Waals surface area contributed by atoms with E-state index in [1.807, 2.05) is 85.8 Å². The van der Waals surface area contributed by atoms with Gasteiger partial charge >= 0.3 is 0 Å².